The molecule has 0 aromatic carbocycles. The number of hydrogen-bond acceptors (Lipinski definition) is 6. The average Bonchev–Trinajstić information content (AvgIpc) is 3.30. The zero-order valence-electron chi connectivity index (χ0n) is 13.4. The fraction of sp³-hybridized carbons (Fsp3) is 0.353. The highest BCUT2D eigenvalue weighted by atomic mass is 16.5. The maximum atomic E-state index is 12.4. The number of aromatic nitrogens is 2. The second-order valence-electron chi connectivity index (χ2n) is 6.22. The van der Waals surface area contributed by atoms with E-state index in [0.717, 1.165) is 0 Å². The van der Waals surface area contributed by atoms with E-state index in [0.29, 0.717) is 43.1 Å². The summed E-state index contributed by atoms with van der Waals surface area (Å²) in [6.07, 6.45) is 2.93. The number of carbonyl (C=O) groups is 2. The predicted octanol–water partition coefficient (Wildman–Crippen LogP) is 0.964. The minimum Gasteiger partial charge on any atom is -0.359 e. The summed E-state index contributed by atoms with van der Waals surface area (Å²) < 4.78 is 5.27. The first kappa shape index (κ1) is 15.3. The molecule has 3 heterocycles. The van der Waals surface area contributed by atoms with Crippen molar-refractivity contribution in [1.29, 1.82) is 5.26 Å². The molecule has 8 nitrogen and oxygen atoms in total. The molecule has 1 saturated heterocycles. The number of amides is 2. The minimum atomic E-state index is -0.767. The molecule has 0 N–H and O–H groups in total. The monoisotopic (exact) mass is 337 g/mol. The maximum Gasteiger partial charge on any atom is 0.313 e. The van der Waals surface area contributed by atoms with Crippen molar-refractivity contribution >= 4 is 11.8 Å². The van der Waals surface area contributed by atoms with Gasteiger partial charge in [0.1, 0.15) is 11.2 Å². The van der Waals surface area contributed by atoms with Gasteiger partial charge in [0.2, 0.25) is 0 Å². The van der Waals surface area contributed by atoms with Crippen LogP contribution in [0.25, 0.3) is 11.4 Å². The molecule has 2 aromatic heterocycles. The Kier molecular flexibility index (Phi) is 3.50. The van der Waals surface area contributed by atoms with E-state index in [9.17, 15) is 14.9 Å². The van der Waals surface area contributed by atoms with Crippen LogP contribution in [0.1, 0.15) is 18.6 Å². The van der Waals surface area contributed by atoms with Crippen LogP contribution in [-0.2, 0) is 16.1 Å². The molecule has 0 bridgehead atoms. The third-order valence-electron chi connectivity index (χ3n) is 4.59. The van der Waals surface area contributed by atoms with Crippen LogP contribution in [0.15, 0.2) is 35.0 Å². The molecule has 1 aliphatic carbocycles. The summed E-state index contributed by atoms with van der Waals surface area (Å²) in [6.45, 7) is 0.894. The SMILES string of the molecule is N#CC1(N2CCN(Cc3cc(-c4ccccn4)no3)C(=O)C2=O)CC1. The molecule has 0 unspecified atom stereocenters. The minimum absolute atomic E-state index is 0.164. The van der Waals surface area contributed by atoms with Crippen LogP contribution in [0, 0.1) is 11.3 Å². The molecule has 8 heteroatoms. The Balaban J connectivity index is 1.46. The van der Waals surface area contributed by atoms with Crippen LogP contribution in [0.3, 0.4) is 0 Å². The number of nitriles is 1. The Labute approximate surface area is 143 Å². The molecule has 1 saturated carbocycles. The predicted molar refractivity (Wildman–Crippen MR) is 84.4 cm³/mol. The van der Waals surface area contributed by atoms with Crippen LogP contribution in [0.4, 0.5) is 0 Å². The van der Waals surface area contributed by atoms with Crippen LogP contribution in [0.2, 0.25) is 0 Å². The van der Waals surface area contributed by atoms with Gasteiger partial charge in [-0.05, 0) is 25.0 Å². The smallest absolute Gasteiger partial charge is 0.313 e. The van der Waals surface area contributed by atoms with E-state index in [1.807, 2.05) is 18.2 Å². The highest BCUT2D eigenvalue weighted by Crippen LogP contribution is 2.41. The van der Waals surface area contributed by atoms with E-state index in [4.69, 9.17) is 4.52 Å². The highest BCUT2D eigenvalue weighted by molar-refractivity contribution is 6.35. The Hall–Kier alpha value is -3.21. The first-order chi connectivity index (χ1) is 12.1. The van der Waals surface area contributed by atoms with Gasteiger partial charge in [-0.25, -0.2) is 0 Å². The second kappa shape index (κ2) is 5.70. The summed E-state index contributed by atoms with van der Waals surface area (Å²) in [4.78, 5) is 31.7. The summed E-state index contributed by atoms with van der Waals surface area (Å²) in [7, 11) is 0. The van der Waals surface area contributed by atoms with Crippen molar-refractivity contribution in [2.45, 2.75) is 24.9 Å². The molecule has 2 fully saturated rings. The standard InChI is InChI=1S/C17H15N5O3/c18-11-17(4-5-17)22-8-7-21(15(23)16(22)24)10-12-9-14(20-25-12)13-3-1-2-6-19-13/h1-3,6,9H,4-5,7-8,10H2. The second-order valence-corrected chi connectivity index (χ2v) is 6.22. The lowest BCUT2D eigenvalue weighted by molar-refractivity contribution is -0.158. The lowest BCUT2D eigenvalue weighted by Crippen LogP contribution is -2.57. The molecule has 2 aliphatic rings. The Morgan fingerprint density at radius 3 is 2.72 bits per heavy atom. The van der Waals surface area contributed by atoms with Gasteiger partial charge in [0.25, 0.3) is 0 Å². The van der Waals surface area contributed by atoms with Gasteiger partial charge in [-0.2, -0.15) is 5.26 Å². The Morgan fingerprint density at radius 2 is 2.04 bits per heavy atom. The molecule has 2 amide bonds. The zero-order valence-corrected chi connectivity index (χ0v) is 13.4. The summed E-state index contributed by atoms with van der Waals surface area (Å²) in [6, 6.07) is 9.34. The molecule has 0 atom stereocenters. The molecule has 25 heavy (non-hydrogen) atoms. The number of piperazine rings is 1. The summed E-state index contributed by atoms with van der Waals surface area (Å²) in [5.74, 6) is -0.741. The lowest BCUT2D eigenvalue weighted by Gasteiger charge is -2.35. The number of carbonyl (C=O) groups excluding carboxylic acids is 2. The molecule has 2 aromatic rings. The van der Waals surface area contributed by atoms with Gasteiger partial charge < -0.3 is 14.3 Å². The Bertz CT molecular complexity index is 866. The van der Waals surface area contributed by atoms with E-state index in [1.54, 1.807) is 12.3 Å². The topological polar surface area (TPSA) is 103 Å². The van der Waals surface area contributed by atoms with E-state index >= 15 is 0 Å². The van der Waals surface area contributed by atoms with Crippen molar-refractivity contribution in [2.75, 3.05) is 13.1 Å². The molecular formula is C17H15N5O3. The van der Waals surface area contributed by atoms with Crippen molar-refractivity contribution in [1.82, 2.24) is 19.9 Å². The van der Waals surface area contributed by atoms with Crippen molar-refractivity contribution in [3.63, 3.8) is 0 Å². The normalized spacial score (nSPS) is 19.0. The van der Waals surface area contributed by atoms with Crippen LogP contribution in [-0.4, -0.2) is 50.4 Å². The zero-order chi connectivity index (χ0) is 17.4. The van der Waals surface area contributed by atoms with Gasteiger partial charge in [0, 0.05) is 25.4 Å². The summed E-state index contributed by atoms with van der Waals surface area (Å²) in [5.41, 5.74) is 0.487. The van der Waals surface area contributed by atoms with Crippen molar-refractivity contribution < 1.29 is 14.1 Å². The van der Waals surface area contributed by atoms with Crippen LogP contribution < -0.4 is 0 Å². The summed E-state index contributed by atoms with van der Waals surface area (Å²) in [5, 5.41) is 13.2. The number of pyridine rings is 1. The van der Waals surface area contributed by atoms with Crippen molar-refractivity contribution in [3.05, 3.63) is 36.2 Å². The average molecular weight is 337 g/mol. The molecule has 1 aliphatic heterocycles. The van der Waals surface area contributed by atoms with E-state index in [-0.39, 0.29) is 6.54 Å². The summed E-state index contributed by atoms with van der Waals surface area (Å²) >= 11 is 0. The first-order valence-corrected chi connectivity index (χ1v) is 8.02. The van der Waals surface area contributed by atoms with Gasteiger partial charge in [-0.3, -0.25) is 14.6 Å². The third kappa shape index (κ3) is 2.63. The van der Waals surface area contributed by atoms with Crippen LogP contribution >= 0.6 is 0 Å². The van der Waals surface area contributed by atoms with Crippen LogP contribution in [0.5, 0.6) is 0 Å². The fourth-order valence-electron chi connectivity index (χ4n) is 3.00. The fourth-order valence-corrected chi connectivity index (χ4v) is 3.00. The van der Waals surface area contributed by atoms with Gasteiger partial charge in [0.05, 0.1) is 18.3 Å². The van der Waals surface area contributed by atoms with Gasteiger partial charge in [-0.1, -0.05) is 11.2 Å². The maximum absolute atomic E-state index is 12.4. The number of rotatable bonds is 4. The molecule has 126 valence electrons. The largest absolute Gasteiger partial charge is 0.359 e. The number of hydrogen-bond donors (Lipinski definition) is 0. The molecule has 0 spiro atoms. The molecule has 0 radical (unpaired) electrons. The Morgan fingerprint density at radius 1 is 1.20 bits per heavy atom. The third-order valence-corrected chi connectivity index (χ3v) is 4.59. The van der Waals surface area contributed by atoms with Crippen molar-refractivity contribution in [3.8, 4) is 17.5 Å². The lowest BCUT2D eigenvalue weighted by atomic mass is 10.2. The van der Waals surface area contributed by atoms with E-state index in [1.165, 1.54) is 9.80 Å². The van der Waals surface area contributed by atoms with E-state index < -0.39 is 17.4 Å². The van der Waals surface area contributed by atoms with Crippen molar-refractivity contribution in [2.24, 2.45) is 0 Å². The van der Waals surface area contributed by atoms with E-state index in [2.05, 4.69) is 16.2 Å². The quantitative estimate of drug-likeness (QED) is 0.770. The highest BCUT2D eigenvalue weighted by Gasteiger charge is 2.54. The van der Waals surface area contributed by atoms with Gasteiger partial charge in [-0.15, -0.1) is 0 Å². The number of nitrogens with zero attached hydrogens (tertiary/aromatic N) is 5. The molecule has 4 rings (SSSR count). The first-order valence-electron chi connectivity index (χ1n) is 8.02. The van der Waals surface area contributed by atoms with Gasteiger partial charge >= 0.3 is 11.8 Å². The molecular weight excluding hydrogens is 322 g/mol. The van der Waals surface area contributed by atoms with Gasteiger partial charge in [0.15, 0.2) is 5.76 Å².